The highest BCUT2D eigenvalue weighted by Gasteiger charge is 2.40. The second-order valence-corrected chi connectivity index (χ2v) is 8.38. The predicted molar refractivity (Wildman–Crippen MR) is 109 cm³/mol. The van der Waals surface area contributed by atoms with Crippen molar-refractivity contribution in [2.75, 3.05) is 11.1 Å². The summed E-state index contributed by atoms with van der Waals surface area (Å²) >= 11 is 0.796. The fraction of sp³-hybridized carbons (Fsp3) is 0.333. The van der Waals surface area contributed by atoms with E-state index in [2.05, 4.69) is 10.3 Å². The van der Waals surface area contributed by atoms with Crippen LogP contribution in [-0.4, -0.2) is 10.9 Å². The molecule has 1 aromatic carbocycles. The lowest BCUT2D eigenvalue weighted by Gasteiger charge is -2.26. The first-order valence-electron chi connectivity index (χ1n) is 9.57. The van der Waals surface area contributed by atoms with E-state index in [0.717, 1.165) is 24.2 Å². The molecule has 0 spiro atoms. The molecule has 3 N–H and O–H groups in total. The van der Waals surface area contributed by atoms with Gasteiger partial charge in [-0.1, -0.05) is 25.5 Å². The fourth-order valence-electron chi connectivity index (χ4n) is 3.97. The number of thiophene rings is 1. The number of anilines is 2. The van der Waals surface area contributed by atoms with Gasteiger partial charge < -0.3 is 11.1 Å². The molecule has 158 valence electrons. The Morgan fingerprint density at radius 3 is 2.73 bits per heavy atom. The van der Waals surface area contributed by atoms with E-state index >= 15 is 0 Å². The minimum absolute atomic E-state index is 0.0755. The van der Waals surface area contributed by atoms with Gasteiger partial charge in [0.1, 0.15) is 15.5 Å². The van der Waals surface area contributed by atoms with E-state index in [1.54, 1.807) is 0 Å². The Morgan fingerprint density at radius 2 is 2.07 bits per heavy atom. The molecule has 2 aromatic heterocycles. The molecule has 2 heterocycles. The lowest BCUT2D eigenvalue weighted by Crippen LogP contribution is -2.21. The molecule has 0 fully saturated rings. The molecule has 0 saturated heterocycles. The molecule has 1 aliphatic rings. The summed E-state index contributed by atoms with van der Waals surface area (Å²) < 4.78 is 56.2. The Bertz CT molecular complexity index is 1140. The zero-order valence-corrected chi connectivity index (χ0v) is 16.9. The first-order valence-corrected chi connectivity index (χ1v) is 10.4. The maximum atomic E-state index is 14.1. The van der Waals surface area contributed by atoms with E-state index in [4.69, 9.17) is 5.73 Å². The Hall–Kier alpha value is -2.68. The van der Waals surface area contributed by atoms with Gasteiger partial charge in [-0.3, -0.25) is 4.79 Å². The van der Waals surface area contributed by atoms with Crippen molar-refractivity contribution in [2.24, 2.45) is 5.92 Å². The van der Waals surface area contributed by atoms with Crippen molar-refractivity contribution in [3.8, 4) is 0 Å². The molecule has 1 aliphatic carbocycles. The average molecular weight is 437 g/mol. The van der Waals surface area contributed by atoms with Crippen LogP contribution >= 0.6 is 11.3 Å². The lowest BCUT2D eigenvalue weighted by atomic mass is 9.82. The third kappa shape index (κ3) is 3.51. The molecule has 0 saturated carbocycles. The number of nitrogens with one attached hydrogen (secondary N) is 1. The molecule has 3 aromatic rings. The van der Waals surface area contributed by atoms with Crippen LogP contribution in [0.3, 0.4) is 0 Å². The van der Waals surface area contributed by atoms with Crippen LogP contribution in [0.25, 0.3) is 10.2 Å². The number of hydrogen-bond donors (Lipinski definition) is 2. The number of rotatable bonds is 3. The summed E-state index contributed by atoms with van der Waals surface area (Å²) in [6.07, 6.45) is -2.32. The monoisotopic (exact) mass is 437 g/mol. The third-order valence-corrected chi connectivity index (χ3v) is 6.63. The van der Waals surface area contributed by atoms with Gasteiger partial charge in [0.2, 0.25) is 0 Å². The van der Waals surface area contributed by atoms with Crippen molar-refractivity contribution >= 4 is 38.8 Å². The first kappa shape index (κ1) is 20.6. The molecular formula is C21H19F4N3OS. The number of halogens is 4. The second-order valence-electron chi connectivity index (χ2n) is 7.39. The number of benzene rings is 1. The maximum Gasteiger partial charge on any atom is 0.417 e. The van der Waals surface area contributed by atoms with Crippen LogP contribution in [0.4, 0.5) is 28.9 Å². The molecule has 30 heavy (non-hydrogen) atoms. The number of pyridine rings is 1. The molecule has 0 radical (unpaired) electrons. The Labute approximate surface area is 174 Å². The van der Waals surface area contributed by atoms with E-state index in [0.29, 0.717) is 12.1 Å². The molecule has 9 heteroatoms. The van der Waals surface area contributed by atoms with Gasteiger partial charge in [0.25, 0.3) is 5.91 Å². The number of amides is 1. The highest BCUT2D eigenvalue weighted by Crippen LogP contribution is 2.46. The number of carbonyl (C=O) groups is 1. The minimum atomic E-state index is -4.63. The number of carbonyl (C=O) groups excluding carboxylic acids is 1. The van der Waals surface area contributed by atoms with Crippen molar-refractivity contribution in [1.82, 2.24) is 4.98 Å². The van der Waals surface area contributed by atoms with Crippen molar-refractivity contribution in [2.45, 2.75) is 38.8 Å². The summed E-state index contributed by atoms with van der Waals surface area (Å²) in [6, 6.07) is 5.53. The van der Waals surface area contributed by atoms with Gasteiger partial charge in [0.15, 0.2) is 0 Å². The smallest absolute Gasteiger partial charge is 0.397 e. The van der Waals surface area contributed by atoms with Gasteiger partial charge in [-0.2, -0.15) is 13.2 Å². The number of nitrogens with zero attached hydrogens (tertiary/aromatic N) is 1. The number of aryl methyl sites for hydroxylation is 1. The van der Waals surface area contributed by atoms with E-state index < -0.39 is 23.5 Å². The van der Waals surface area contributed by atoms with Crippen molar-refractivity contribution in [1.29, 1.82) is 0 Å². The van der Waals surface area contributed by atoms with Crippen molar-refractivity contribution in [3.05, 3.63) is 51.8 Å². The number of para-hydroxylation sites is 1. The molecule has 4 nitrogen and oxygen atoms in total. The fourth-order valence-corrected chi connectivity index (χ4v) is 4.99. The quantitative estimate of drug-likeness (QED) is 0.509. The number of alkyl halides is 3. The van der Waals surface area contributed by atoms with Crippen molar-refractivity contribution in [3.63, 3.8) is 0 Å². The van der Waals surface area contributed by atoms with E-state index in [1.165, 1.54) is 24.3 Å². The normalized spacial score (nSPS) is 16.5. The summed E-state index contributed by atoms with van der Waals surface area (Å²) in [4.78, 5) is 17.1. The van der Waals surface area contributed by atoms with Crippen LogP contribution in [0, 0.1) is 11.7 Å². The van der Waals surface area contributed by atoms with Gasteiger partial charge in [-0.25, -0.2) is 9.37 Å². The van der Waals surface area contributed by atoms with Crippen LogP contribution in [0.2, 0.25) is 0 Å². The topological polar surface area (TPSA) is 68.0 Å². The molecular weight excluding hydrogens is 418 g/mol. The third-order valence-electron chi connectivity index (χ3n) is 5.53. The molecule has 0 aliphatic heterocycles. The summed E-state index contributed by atoms with van der Waals surface area (Å²) in [5.41, 5.74) is 5.50. The molecule has 4 rings (SSSR count). The molecule has 1 amide bonds. The summed E-state index contributed by atoms with van der Waals surface area (Å²) in [5, 5.41) is 2.15. The second kappa shape index (κ2) is 7.54. The molecule has 1 atom stereocenters. The standard InChI is InChI=1S/C21H19F4N3OS/c1-2-10-7-8-13-11(9-10)16(21(23,24)25)15-17(26)18(30-20(15)28-13)19(29)27-14-6-4-3-5-12(14)22/h3-6,10H,2,7-9,26H2,1H3,(H,27,29). The molecule has 1 unspecified atom stereocenters. The van der Waals surface area contributed by atoms with Crippen LogP contribution < -0.4 is 11.1 Å². The van der Waals surface area contributed by atoms with Crippen molar-refractivity contribution < 1.29 is 22.4 Å². The van der Waals surface area contributed by atoms with E-state index in [-0.39, 0.29) is 44.4 Å². The summed E-state index contributed by atoms with van der Waals surface area (Å²) in [6.45, 7) is 1.96. The van der Waals surface area contributed by atoms with Gasteiger partial charge in [-0.05, 0) is 42.9 Å². The van der Waals surface area contributed by atoms with E-state index in [1.807, 2.05) is 6.92 Å². The van der Waals surface area contributed by atoms with Gasteiger partial charge in [0.05, 0.1) is 16.9 Å². The highest BCUT2D eigenvalue weighted by molar-refractivity contribution is 7.21. The maximum absolute atomic E-state index is 14.1. The summed E-state index contributed by atoms with van der Waals surface area (Å²) in [5.74, 6) is -1.26. The predicted octanol–water partition coefficient (Wildman–Crippen LogP) is 5.80. The van der Waals surface area contributed by atoms with Crippen LogP contribution in [0.5, 0.6) is 0 Å². The zero-order chi connectivity index (χ0) is 21.6. The van der Waals surface area contributed by atoms with E-state index in [9.17, 15) is 22.4 Å². The van der Waals surface area contributed by atoms with Gasteiger partial charge in [0, 0.05) is 11.1 Å². The molecule has 0 bridgehead atoms. The Morgan fingerprint density at radius 1 is 1.33 bits per heavy atom. The minimum Gasteiger partial charge on any atom is -0.397 e. The highest BCUT2D eigenvalue weighted by atomic mass is 32.1. The number of nitrogen functional groups attached to an aromatic ring is 1. The first-order chi connectivity index (χ1) is 14.2. The number of fused-ring (bicyclic) bond motifs is 2. The van der Waals surface area contributed by atoms with Crippen LogP contribution in [-0.2, 0) is 19.0 Å². The average Bonchev–Trinajstić information content (AvgIpc) is 3.02. The van der Waals surface area contributed by atoms with Crippen LogP contribution in [0.1, 0.15) is 46.3 Å². The number of hydrogen-bond acceptors (Lipinski definition) is 4. The SMILES string of the molecule is CCC1CCc2nc3sc(C(=O)Nc4ccccc4F)c(N)c3c(C(F)(F)F)c2C1. The zero-order valence-electron chi connectivity index (χ0n) is 16.1. The van der Waals surface area contributed by atoms with Gasteiger partial charge in [-0.15, -0.1) is 11.3 Å². The largest absolute Gasteiger partial charge is 0.417 e. The van der Waals surface area contributed by atoms with Gasteiger partial charge >= 0.3 is 6.18 Å². The number of aromatic nitrogens is 1. The summed E-state index contributed by atoms with van der Waals surface area (Å²) in [7, 11) is 0. The Kier molecular flexibility index (Phi) is 5.17. The van der Waals surface area contributed by atoms with Crippen LogP contribution in [0.15, 0.2) is 24.3 Å². The number of nitrogens with two attached hydrogens (primary N) is 1. The Balaban J connectivity index is 1.86. The lowest BCUT2D eigenvalue weighted by molar-refractivity contribution is -0.137.